The Bertz CT molecular complexity index is 747. The zero-order chi connectivity index (χ0) is 22.5. The lowest BCUT2D eigenvalue weighted by Crippen LogP contribution is -2.31. The second kappa shape index (κ2) is 10.5. The number of ketones is 1. The average Bonchev–Trinajstić information content (AvgIpc) is 3.45. The molecular formula is C26H39NO3. The molecule has 2 aliphatic rings. The molecule has 0 saturated heterocycles. The third-order valence-corrected chi connectivity index (χ3v) is 5.92. The molecule has 4 nitrogen and oxygen atoms in total. The van der Waals surface area contributed by atoms with Gasteiger partial charge in [0.25, 0.3) is 0 Å². The summed E-state index contributed by atoms with van der Waals surface area (Å²) in [6, 6.07) is 0. The van der Waals surface area contributed by atoms with Crippen LogP contribution in [0.25, 0.3) is 0 Å². The Morgan fingerprint density at radius 3 is 2.53 bits per heavy atom. The summed E-state index contributed by atoms with van der Waals surface area (Å²) in [7, 11) is 0. The van der Waals surface area contributed by atoms with E-state index in [-0.39, 0.29) is 29.6 Å². The predicted octanol–water partition coefficient (Wildman–Crippen LogP) is 5.18. The van der Waals surface area contributed by atoms with E-state index in [1.807, 2.05) is 19.2 Å². The van der Waals surface area contributed by atoms with Gasteiger partial charge in [0.2, 0.25) is 0 Å². The minimum atomic E-state index is -0.491. The van der Waals surface area contributed by atoms with Crippen LogP contribution in [-0.4, -0.2) is 34.9 Å². The molecule has 0 bridgehead atoms. The average molecular weight is 414 g/mol. The van der Waals surface area contributed by atoms with Crippen LogP contribution in [0.4, 0.5) is 0 Å². The Balaban J connectivity index is 2.06. The fourth-order valence-corrected chi connectivity index (χ4v) is 4.51. The summed E-state index contributed by atoms with van der Waals surface area (Å²) in [5, 5.41) is 19.5. The van der Waals surface area contributed by atoms with Crippen LogP contribution in [0, 0.1) is 23.2 Å². The van der Waals surface area contributed by atoms with E-state index >= 15 is 0 Å². The van der Waals surface area contributed by atoms with Crippen LogP contribution in [0.15, 0.2) is 52.7 Å². The highest BCUT2D eigenvalue weighted by atomic mass is 16.3. The highest BCUT2D eigenvalue weighted by molar-refractivity contribution is 5.87. The number of aliphatic hydroxyl groups is 2. The Labute approximate surface area is 182 Å². The molecule has 3 atom stereocenters. The number of hydrogen-bond acceptors (Lipinski definition) is 4. The van der Waals surface area contributed by atoms with Crippen LogP contribution in [0.1, 0.15) is 66.2 Å². The van der Waals surface area contributed by atoms with Crippen LogP contribution in [-0.2, 0) is 4.79 Å². The number of Topliss-reactive ketones (excluding diaryl/α,β-unsaturated/α-hetero) is 1. The number of carbonyl (C=O) groups excluding carboxylic acids is 1. The van der Waals surface area contributed by atoms with E-state index in [1.54, 1.807) is 0 Å². The standard InChI is InChI=1S/C26H39NO3/c1-7-23(21-8-9-21)27-15-17(2)10-18(3)25(26(4,5)6)24(30)14-19-11-20(16-28)13-22(29)12-19/h7,11,15,20-22,25,28-29H,2-3,8-10,12-14,16H2,1,4-6H3/b23-7-,27-15?. The van der Waals surface area contributed by atoms with Crippen molar-refractivity contribution in [3.8, 4) is 0 Å². The molecule has 1 saturated carbocycles. The zero-order valence-corrected chi connectivity index (χ0v) is 19.2. The van der Waals surface area contributed by atoms with Crippen LogP contribution in [0.5, 0.6) is 0 Å². The van der Waals surface area contributed by atoms with Gasteiger partial charge in [0.1, 0.15) is 5.78 Å². The normalized spacial score (nSPS) is 23.9. The van der Waals surface area contributed by atoms with Gasteiger partial charge in [-0.25, -0.2) is 0 Å². The maximum absolute atomic E-state index is 13.3. The molecule has 30 heavy (non-hydrogen) atoms. The van der Waals surface area contributed by atoms with Gasteiger partial charge >= 0.3 is 0 Å². The SMILES string of the molecule is C=C(C=N/C(=C\C)C1CC1)CC(=C)C(C(=O)CC1=CC(CO)CC(O)C1)C(C)(C)C. The maximum Gasteiger partial charge on any atom is 0.144 e. The molecular weight excluding hydrogens is 374 g/mol. The van der Waals surface area contributed by atoms with Gasteiger partial charge in [-0.15, -0.1) is 0 Å². The van der Waals surface area contributed by atoms with Crippen molar-refractivity contribution in [2.45, 2.75) is 72.3 Å². The smallest absolute Gasteiger partial charge is 0.144 e. The van der Waals surface area contributed by atoms with Crippen LogP contribution >= 0.6 is 0 Å². The number of carbonyl (C=O) groups is 1. The molecule has 166 valence electrons. The van der Waals surface area contributed by atoms with E-state index in [4.69, 9.17) is 0 Å². The molecule has 2 aliphatic carbocycles. The molecule has 0 spiro atoms. The van der Waals surface area contributed by atoms with Gasteiger partial charge in [-0.1, -0.05) is 57.2 Å². The van der Waals surface area contributed by atoms with E-state index in [9.17, 15) is 15.0 Å². The van der Waals surface area contributed by atoms with Crippen molar-refractivity contribution in [2.24, 2.45) is 28.2 Å². The van der Waals surface area contributed by atoms with Crippen molar-refractivity contribution >= 4 is 12.0 Å². The number of allylic oxidation sites excluding steroid dienone is 4. The van der Waals surface area contributed by atoms with Crippen LogP contribution < -0.4 is 0 Å². The first-order valence-electron chi connectivity index (χ1n) is 11.1. The second-order valence-corrected chi connectivity index (χ2v) is 10.0. The molecule has 2 rings (SSSR count). The fraction of sp³-hybridized carbons (Fsp3) is 0.615. The molecule has 0 aromatic rings. The largest absolute Gasteiger partial charge is 0.396 e. The first-order chi connectivity index (χ1) is 14.0. The Morgan fingerprint density at radius 1 is 1.33 bits per heavy atom. The highest BCUT2D eigenvalue weighted by Crippen LogP contribution is 2.38. The van der Waals surface area contributed by atoms with E-state index in [1.165, 1.54) is 12.8 Å². The molecule has 0 aliphatic heterocycles. The first-order valence-corrected chi connectivity index (χ1v) is 11.1. The van der Waals surface area contributed by atoms with Gasteiger partial charge in [-0.05, 0) is 50.0 Å². The van der Waals surface area contributed by atoms with Crippen molar-refractivity contribution in [3.63, 3.8) is 0 Å². The van der Waals surface area contributed by atoms with Gasteiger partial charge in [0.15, 0.2) is 0 Å². The summed E-state index contributed by atoms with van der Waals surface area (Å²) in [5.41, 5.74) is 3.48. The van der Waals surface area contributed by atoms with E-state index in [0.29, 0.717) is 31.6 Å². The number of aliphatic hydroxyl groups excluding tert-OH is 2. The van der Waals surface area contributed by atoms with Crippen molar-refractivity contribution in [1.29, 1.82) is 0 Å². The maximum atomic E-state index is 13.3. The summed E-state index contributed by atoms with van der Waals surface area (Å²) in [6.45, 7) is 16.6. The first kappa shape index (κ1) is 24.5. The quantitative estimate of drug-likeness (QED) is 0.383. The lowest BCUT2D eigenvalue weighted by atomic mass is 9.71. The minimum absolute atomic E-state index is 0.00162. The van der Waals surface area contributed by atoms with E-state index < -0.39 is 6.10 Å². The predicted molar refractivity (Wildman–Crippen MR) is 124 cm³/mol. The number of rotatable bonds is 10. The van der Waals surface area contributed by atoms with Gasteiger partial charge in [-0.3, -0.25) is 9.79 Å². The summed E-state index contributed by atoms with van der Waals surface area (Å²) >= 11 is 0. The van der Waals surface area contributed by atoms with Crippen molar-refractivity contribution < 1.29 is 15.0 Å². The Kier molecular flexibility index (Phi) is 8.57. The van der Waals surface area contributed by atoms with Crippen molar-refractivity contribution in [3.05, 3.63) is 47.7 Å². The molecule has 0 amide bonds. The lowest BCUT2D eigenvalue weighted by molar-refractivity contribution is -0.123. The van der Waals surface area contributed by atoms with Crippen LogP contribution in [0.3, 0.4) is 0 Å². The summed E-state index contributed by atoms with van der Waals surface area (Å²) < 4.78 is 0. The summed E-state index contributed by atoms with van der Waals surface area (Å²) in [4.78, 5) is 17.9. The third-order valence-electron chi connectivity index (χ3n) is 5.92. The molecule has 2 N–H and O–H groups in total. The zero-order valence-electron chi connectivity index (χ0n) is 19.2. The number of nitrogens with zero attached hydrogens (tertiary/aromatic N) is 1. The molecule has 0 radical (unpaired) electrons. The van der Waals surface area contributed by atoms with E-state index in [2.05, 4.69) is 45.0 Å². The highest BCUT2D eigenvalue weighted by Gasteiger charge is 2.34. The Morgan fingerprint density at radius 2 is 2.00 bits per heavy atom. The summed E-state index contributed by atoms with van der Waals surface area (Å²) in [6.07, 6.45) is 9.65. The third kappa shape index (κ3) is 7.17. The Hall–Kier alpha value is -1.78. The molecule has 3 unspecified atom stereocenters. The van der Waals surface area contributed by atoms with Gasteiger partial charge in [0, 0.05) is 42.7 Å². The number of aliphatic imine (C=N–C) groups is 1. The fourth-order valence-electron chi connectivity index (χ4n) is 4.51. The summed E-state index contributed by atoms with van der Waals surface area (Å²) in [5.74, 6) is 0.324. The van der Waals surface area contributed by atoms with E-state index in [0.717, 1.165) is 22.4 Å². The molecule has 1 fully saturated rings. The van der Waals surface area contributed by atoms with Crippen molar-refractivity contribution in [2.75, 3.05) is 6.61 Å². The van der Waals surface area contributed by atoms with Gasteiger partial charge < -0.3 is 10.2 Å². The molecule has 0 aromatic carbocycles. The molecule has 0 heterocycles. The van der Waals surface area contributed by atoms with Gasteiger partial charge in [-0.2, -0.15) is 0 Å². The second-order valence-electron chi connectivity index (χ2n) is 10.0. The van der Waals surface area contributed by atoms with Gasteiger partial charge in [0.05, 0.1) is 6.10 Å². The van der Waals surface area contributed by atoms with Crippen LogP contribution in [0.2, 0.25) is 0 Å². The van der Waals surface area contributed by atoms with Crippen molar-refractivity contribution in [1.82, 2.24) is 0 Å². The lowest BCUT2D eigenvalue weighted by Gasteiger charge is -2.32. The monoisotopic (exact) mass is 413 g/mol. The molecule has 0 aromatic heterocycles. The molecule has 4 heteroatoms. The number of hydrogen-bond donors (Lipinski definition) is 2. The minimum Gasteiger partial charge on any atom is -0.396 e. The topological polar surface area (TPSA) is 69.9 Å².